The van der Waals surface area contributed by atoms with Gasteiger partial charge in [-0.3, -0.25) is 14.7 Å². The van der Waals surface area contributed by atoms with Gasteiger partial charge < -0.3 is 9.42 Å². The van der Waals surface area contributed by atoms with Crippen molar-refractivity contribution in [1.82, 2.24) is 24.9 Å². The van der Waals surface area contributed by atoms with Crippen molar-refractivity contribution in [2.45, 2.75) is 6.54 Å². The maximum absolute atomic E-state index is 12.6. The Morgan fingerprint density at radius 3 is 2.74 bits per heavy atom. The quantitative estimate of drug-likeness (QED) is 0.689. The van der Waals surface area contributed by atoms with Crippen LogP contribution in [-0.4, -0.2) is 57.0 Å². The SMILES string of the molecule is O=C(c1cccc(Cl)c1)N1CCN(Cc2nc(-c3cccnc3)no2)CC1. The van der Waals surface area contributed by atoms with Crippen LogP contribution in [0.3, 0.4) is 0 Å². The standard InChI is InChI=1S/C19H18ClN5O2/c20-16-5-1-3-14(11-16)19(26)25-9-7-24(8-10-25)13-17-22-18(23-27-17)15-4-2-6-21-12-15/h1-6,11-12H,7-10,13H2. The number of carbonyl (C=O) groups is 1. The van der Waals surface area contributed by atoms with Crippen LogP contribution in [-0.2, 0) is 6.54 Å². The fourth-order valence-electron chi connectivity index (χ4n) is 3.04. The molecule has 0 spiro atoms. The maximum atomic E-state index is 12.6. The first-order chi connectivity index (χ1) is 13.2. The molecule has 0 saturated carbocycles. The monoisotopic (exact) mass is 383 g/mol. The summed E-state index contributed by atoms with van der Waals surface area (Å²) in [4.78, 5) is 25.1. The number of pyridine rings is 1. The number of hydrogen-bond donors (Lipinski definition) is 0. The van der Waals surface area contributed by atoms with Crippen LogP contribution in [0.4, 0.5) is 0 Å². The highest BCUT2D eigenvalue weighted by Gasteiger charge is 2.23. The number of amides is 1. The second kappa shape index (κ2) is 7.85. The van der Waals surface area contributed by atoms with E-state index in [9.17, 15) is 4.79 Å². The summed E-state index contributed by atoms with van der Waals surface area (Å²) < 4.78 is 5.35. The lowest BCUT2D eigenvalue weighted by atomic mass is 10.2. The summed E-state index contributed by atoms with van der Waals surface area (Å²) in [5, 5.41) is 4.58. The molecule has 27 heavy (non-hydrogen) atoms. The summed E-state index contributed by atoms with van der Waals surface area (Å²) in [6, 6.07) is 10.8. The lowest BCUT2D eigenvalue weighted by Crippen LogP contribution is -2.48. The molecule has 1 aliphatic heterocycles. The Kier molecular flexibility index (Phi) is 5.13. The minimum Gasteiger partial charge on any atom is -0.338 e. The van der Waals surface area contributed by atoms with Gasteiger partial charge in [0, 0.05) is 54.7 Å². The van der Waals surface area contributed by atoms with Gasteiger partial charge in [0.2, 0.25) is 11.7 Å². The molecule has 0 atom stereocenters. The summed E-state index contributed by atoms with van der Waals surface area (Å²) >= 11 is 5.98. The Labute approximate surface area is 161 Å². The lowest BCUT2D eigenvalue weighted by Gasteiger charge is -2.34. The average molecular weight is 384 g/mol. The van der Waals surface area contributed by atoms with E-state index in [0.29, 0.717) is 41.9 Å². The lowest BCUT2D eigenvalue weighted by molar-refractivity contribution is 0.0615. The fraction of sp³-hybridized carbons (Fsp3) is 0.263. The van der Waals surface area contributed by atoms with Crippen molar-refractivity contribution in [2.24, 2.45) is 0 Å². The Balaban J connectivity index is 1.33. The third-order valence-corrected chi connectivity index (χ3v) is 4.71. The van der Waals surface area contributed by atoms with Gasteiger partial charge >= 0.3 is 0 Å². The Morgan fingerprint density at radius 2 is 2.00 bits per heavy atom. The molecule has 1 fully saturated rings. The third-order valence-electron chi connectivity index (χ3n) is 4.48. The molecule has 7 nitrogen and oxygen atoms in total. The van der Waals surface area contributed by atoms with Crippen LogP contribution >= 0.6 is 11.6 Å². The van der Waals surface area contributed by atoms with Crippen LogP contribution in [0.15, 0.2) is 53.3 Å². The number of piperazine rings is 1. The number of halogens is 1. The molecule has 0 radical (unpaired) electrons. The molecule has 1 aliphatic rings. The van der Waals surface area contributed by atoms with E-state index in [1.54, 1.807) is 36.7 Å². The molecule has 8 heteroatoms. The van der Waals surface area contributed by atoms with E-state index in [4.69, 9.17) is 16.1 Å². The predicted molar refractivity (Wildman–Crippen MR) is 100 cm³/mol. The normalized spacial score (nSPS) is 15.1. The first kappa shape index (κ1) is 17.6. The average Bonchev–Trinajstić information content (AvgIpc) is 3.17. The molecule has 138 valence electrons. The summed E-state index contributed by atoms with van der Waals surface area (Å²) in [5.41, 5.74) is 1.44. The van der Waals surface area contributed by atoms with Crippen LogP contribution in [0.5, 0.6) is 0 Å². The van der Waals surface area contributed by atoms with Crippen LogP contribution in [0.1, 0.15) is 16.2 Å². The molecule has 4 rings (SSSR count). The first-order valence-electron chi connectivity index (χ1n) is 8.69. The maximum Gasteiger partial charge on any atom is 0.253 e. The topological polar surface area (TPSA) is 75.4 Å². The van der Waals surface area contributed by atoms with E-state index in [2.05, 4.69) is 20.0 Å². The van der Waals surface area contributed by atoms with Gasteiger partial charge in [-0.1, -0.05) is 22.8 Å². The van der Waals surface area contributed by atoms with E-state index < -0.39 is 0 Å². The van der Waals surface area contributed by atoms with Gasteiger partial charge in [0.25, 0.3) is 5.91 Å². The van der Waals surface area contributed by atoms with E-state index in [1.165, 1.54) is 0 Å². The van der Waals surface area contributed by atoms with Crippen molar-refractivity contribution >= 4 is 17.5 Å². The zero-order valence-corrected chi connectivity index (χ0v) is 15.3. The first-order valence-corrected chi connectivity index (χ1v) is 9.07. The second-order valence-electron chi connectivity index (χ2n) is 6.33. The largest absolute Gasteiger partial charge is 0.338 e. The Morgan fingerprint density at radius 1 is 1.15 bits per heavy atom. The van der Waals surface area contributed by atoms with Gasteiger partial charge in [-0.15, -0.1) is 0 Å². The van der Waals surface area contributed by atoms with Crippen LogP contribution in [0.2, 0.25) is 5.02 Å². The van der Waals surface area contributed by atoms with Crippen molar-refractivity contribution < 1.29 is 9.32 Å². The van der Waals surface area contributed by atoms with Crippen molar-refractivity contribution in [3.63, 3.8) is 0 Å². The molecule has 0 aliphatic carbocycles. The molecule has 3 aromatic rings. The smallest absolute Gasteiger partial charge is 0.253 e. The van der Waals surface area contributed by atoms with E-state index >= 15 is 0 Å². The minimum atomic E-state index is 0.00815. The molecule has 0 bridgehead atoms. The number of rotatable bonds is 4. The summed E-state index contributed by atoms with van der Waals surface area (Å²) in [6.45, 7) is 3.35. The molecule has 3 heterocycles. The number of benzene rings is 1. The number of nitrogens with zero attached hydrogens (tertiary/aromatic N) is 5. The van der Waals surface area contributed by atoms with Gasteiger partial charge in [0.1, 0.15) is 0 Å². The van der Waals surface area contributed by atoms with E-state index in [1.807, 2.05) is 17.0 Å². The molecule has 1 saturated heterocycles. The molecular weight excluding hydrogens is 366 g/mol. The summed E-state index contributed by atoms with van der Waals surface area (Å²) in [6.07, 6.45) is 3.41. The number of hydrogen-bond acceptors (Lipinski definition) is 6. The highest BCUT2D eigenvalue weighted by atomic mass is 35.5. The van der Waals surface area contributed by atoms with Crippen LogP contribution in [0, 0.1) is 0 Å². The van der Waals surface area contributed by atoms with Crippen LogP contribution < -0.4 is 0 Å². The summed E-state index contributed by atoms with van der Waals surface area (Å²) in [5.74, 6) is 1.10. The van der Waals surface area contributed by atoms with Crippen molar-refractivity contribution in [3.8, 4) is 11.4 Å². The van der Waals surface area contributed by atoms with Crippen molar-refractivity contribution in [3.05, 3.63) is 65.3 Å². The van der Waals surface area contributed by atoms with Crippen LogP contribution in [0.25, 0.3) is 11.4 Å². The predicted octanol–water partition coefficient (Wildman–Crippen LogP) is 2.74. The highest BCUT2D eigenvalue weighted by Crippen LogP contribution is 2.17. The zero-order chi connectivity index (χ0) is 18.6. The second-order valence-corrected chi connectivity index (χ2v) is 6.77. The third kappa shape index (κ3) is 4.15. The summed E-state index contributed by atoms with van der Waals surface area (Å²) in [7, 11) is 0. The van der Waals surface area contributed by atoms with E-state index in [0.717, 1.165) is 18.7 Å². The van der Waals surface area contributed by atoms with Gasteiger partial charge in [-0.05, 0) is 30.3 Å². The Hall–Kier alpha value is -2.77. The fourth-order valence-corrected chi connectivity index (χ4v) is 3.23. The molecule has 1 amide bonds. The van der Waals surface area contributed by atoms with Gasteiger partial charge in [-0.2, -0.15) is 4.98 Å². The van der Waals surface area contributed by atoms with Gasteiger partial charge in [0.15, 0.2) is 0 Å². The van der Waals surface area contributed by atoms with Crippen molar-refractivity contribution in [1.29, 1.82) is 0 Å². The molecular formula is C19H18ClN5O2. The Bertz CT molecular complexity index is 923. The zero-order valence-electron chi connectivity index (χ0n) is 14.6. The number of aromatic nitrogens is 3. The van der Waals surface area contributed by atoms with Gasteiger partial charge in [0.05, 0.1) is 6.54 Å². The molecule has 0 unspecified atom stereocenters. The minimum absolute atomic E-state index is 0.00815. The molecule has 0 N–H and O–H groups in total. The van der Waals surface area contributed by atoms with Crippen molar-refractivity contribution in [2.75, 3.05) is 26.2 Å². The molecule has 1 aromatic carbocycles. The highest BCUT2D eigenvalue weighted by molar-refractivity contribution is 6.30. The van der Waals surface area contributed by atoms with E-state index in [-0.39, 0.29) is 5.91 Å². The number of carbonyl (C=O) groups excluding carboxylic acids is 1. The molecule has 2 aromatic heterocycles. The van der Waals surface area contributed by atoms with Gasteiger partial charge in [-0.25, -0.2) is 0 Å².